The van der Waals surface area contributed by atoms with Crippen LogP contribution in [0.3, 0.4) is 0 Å². The minimum absolute atomic E-state index is 0.0858. The second kappa shape index (κ2) is 6.77. The molecule has 0 unspecified atom stereocenters. The summed E-state index contributed by atoms with van der Waals surface area (Å²) >= 11 is 0. The highest BCUT2D eigenvalue weighted by atomic mass is 19.4. The third-order valence-corrected chi connectivity index (χ3v) is 3.24. The number of benzene rings is 1. The maximum Gasteiger partial charge on any atom is 0.573 e. The van der Waals surface area contributed by atoms with Crippen LogP contribution >= 0.6 is 0 Å². The van der Waals surface area contributed by atoms with E-state index in [-0.39, 0.29) is 23.4 Å². The SMILES string of the molecule is Cc1ccc(C(=O)N(C)Cc2ccccc2OC(F)(F)F)c(=O)[nH]1. The van der Waals surface area contributed by atoms with Crippen molar-refractivity contribution in [2.24, 2.45) is 0 Å². The maximum atomic E-state index is 12.4. The molecule has 1 aromatic carbocycles. The number of nitrogens with one attached hydrogen (secondary N) is 1. The largest absolute Gasteiger partial charge is 0.573 e. The molecule has 2 rings (SSSR count). The Morgan fingerprint density at radius 3 is 2.50 bits per heavy atom. The number of carbonyl (C=O) groups is 1. The van der Waals surface area contributed by atoms with Crippen LogP contribution in [-0.4, -0.2) is 29.2 Å². The summed E-state index contributed by atoms with van der Waals surface area (Å²) in [5.41, 5.74) is 0.140. The summed E-state index contributed by atoms with van der Waals surface area (Å²) in [6.07, 6.45) is -4.83. The first kappa shape index (κ1) is 17.6. The monoisotopic (exact) mass is 340 g/mol. The number of nitrogens with zero attached hydrogens (tertiary/aromatic N) is 1. The van der Waals surface area contributed by atoms with E-state index in [1.165, 1.54) is 37.4 Å². The third kappa shape index (κ3) is 4.37. The Bertz CT molecular complexity index is 800. The van der Waals surface area contributed by atoms with E-state index in [0.29, 0.717) is 5.69 Å². The van der Waals surface area contributed by atoms with Gasteiger partial charge >= 0.3 is 6.36 Å². The van der Waals surface area contributed by atoms with Crippen LogP contribution < -0.4 is 10.3 Å². The van der Waals surface area contributed by atoms with Crippen molar-refractivity contribution >= 4 is 5.91 Å². The molecule has 1 aromatic heterocycles. The zero-order chi connectivity index (χ0) is 17.9. The zero-order valence-electron chi connectivity index (χ0n) is 13.0. The van der Waals surface area contributed by atoms with E-state index in [1.54, 1.807) is 13.0 Å². The number of para-hydroxylation sites is 1. The fourth-order valence-electron chi connectivity index (χ4n) is 2.13. The van der Waals surface area contributed by atoms with Crippen LogP contribution in [0, 0.1) is 6.92 Å². The minimum Gasteiger partial charge on any atom is -0.405 e. The summed E-state index contributed by atoms with van der Waals surface area (Å²) in [6, 6.07) is 8.48. The second-order valence-corrected chi connectivity index (χ2v) is 5.20. The average molecular weight is 340 g/mol. The summed E-state index contributed by atoms with van der Waals surface area (Å²) in [4.78, 5) is 27.8. The Hall–Kier alpha value is -2.77. The Labute approximate surface area is 135 Å². The molecule has 1 heterocycles. The highest BCUT2D eigenvalue weighted by Crippen LogP contribution is 2.27. The summed E-state index contributed by atoms with van der Waals surface area (Å²) in [6.45, 7) is 1.53. The molecule has 5 nitrogen and oxygen atoms in total. The molecule has 0 aliphatic rings. The van der Waals surface area contributed by atoms with E-state index in [1.807, 2.05) is 0 Å². The number of aryl methyl sites for hydroxylation is 1. The predicted octanol–water partition coefficient (Wildman–Crippen LogP) is 2.85. The van der Waals surface area contributed by atoms with Crippen molar-refractivity contribution in [1.82, 2.24) is 9.88 Å². The lowest BCUT2D eigenvalue weighted by Gasteiger charge is -2.19. The van der Waals surface area contributed by atoms with E-state index in [2.05, 4.69) is 9.72 Å². The van der Waals surface area contributed by atoms with Gasteiger partial charge in [0, 0.05) is 24.8 Å². The van der Waals surface area contributed by atoms with E-state index in [9.17, 15) is 22.8 Å². The van der Waals surface area contributed by atoms with Crippen LogP contribution in [0.1, 0.15) is 21.6 Å². The summed E-state index contributed by atoms with van der Waals surface area (Å²) in [7, 11) is 1.39. The van der Waals surface area contributed by atoms with Crippen molar-refractivity contribution in [2.75, 3.05) is 7.05 Å². The van der Waals surface area contributed by atoms with Gasteiger partial charge in [-0.05, 0) is 25.1 Å². The first-order valence-corrected chi connectivity index (χ1v) is 6.96. The molecule has 1 N–H and O–H groups in total. The van der Waals surface area contributed by atoms with Crippen LogP contribution in [0.2, 0.25) is 0 Å². The highest BCUT2D eigenvalue weighted by Gasteiger charge is 2.32. The first-order chi connectivity index (χ1) is 11.2. The maximum absolute atomic E-state index is 12.4. The van der Waals surface area contributed by atoms with E-state index in [0.717, 1.165) is 4.90 Å². The van der Waals surface area contributed by atoms with Gasteiger partial charge in [-0.1, -0.05) is 18.2 Å². The molecule has 8 heteroatoms. The van der Waals surface area contributed by atoms with E-state index >= 15 is 0 Å². The molecule has 2 aromatic rings. The molecule has 0 aliphatic carbocycles. The van der Waals surface area contributed by atoms with E-state index in [4.69, 9.17) is 0 Å². The van der Waals surface area contributed by atoms with Crippen molar-refractivity contribution in [3.05, 3.63) is 63.6 Å². The fraction of sp³-hybridized carbons (Fsp3) is 0.250. The number of hydrogen-bond donors (Lipinski definition) is 1. The number of H-pyrrole nitrogens is 1. The fourth-order valence-corrected chi connectivity index (χ4v) is 2.13. The molecule has 0 saturated heterocycles. The molecule has 0 radical (unpaired) electrons. The smallest absolute Gasteiger partial charge is 0.405 e. The molecule has 0 fully saturated rings. The summed E-state index contributed by atoms with van der Waals surface area (Å²) in [5.74, 6) is -0.986. The molecular formula is C16H15F3N2O3. The Morgan fingerprint density at radius 1 is 1.21 bits per heavy atom. The van der Waals surface area contributed by atoms with Crippen LogP contribution in [0.25, 0.3) is 0 Å². The molecule has 128 valence electrons. The normalized spacial score (nSPS) is 11.2. The number of halogens is 3. The highest BCUT2D eigenvalue weighted by molar-refractivity contribution is 5.93. The van der Waals surface area contributed by atoms with Gasteiger partial charge in [-0.2, -0.15) is 0 Å². The van der Waals surface area contributed by atoms with Crippen molar-refractivity contribution in [3.8, 4) is 5.75 Å². The quantitative estimate of drug-likeness (QED) is 0.931. The molecule has 0 saturated carbocycles. The van der Waals surface area contributed by atoms with Gasteiger partial charge in [-0.3, -0.25) is 9.59 Å². The lowest BCUT2D eigenvalue weighted by molar-refractivity contribution is -0.274. The summed E-state index contributed by atoms with van der Waals surface area (Å²) in [5, 5.41) is 0. The molecule has 0 spiro atoms. The van der Waals surface area contributed by atoms with Gasteiger partial charge in [-0.25, -0.2) is 0 Å². The second-order valence-electron chi connectivity index (χ2n) is 5.20. The third-order valence-electron chi connectivity index (χ3n) is 3.24. The van der Waals surface area contributed by atoms with Gasteiger partial charge in [0.2, 0.25) is 0 Å². The van der Waals surface area contributed by atoms with Crippen LogP contribution in [-0.2, 0) is 6.54 Å². The molecule has 1 amide bonds. The van der Waals surface area contributed by atoms with Gasteiger partial charge < -0.3 is 14.6 Å². The predicted molar refractivity (Wildman–Crippen MR) is 80.7 cm³/mol. The molecule has 0 bridgehead atoms. The average Bonchev–Trinajstić information content (AvgIpc) is 2.47. The van der Waals surface area contributed by atoms with Crippen molar-refractivity contribution in [2.45, 2.75) is 19.8 Å². The molecular weight excluding hydrogens is 325 g/mol. The van der Waals surface area contributed by atoms with Crippen molar-refractivity contribution in [3.63, 3.8) is 0 Å². The number of aromatic amines is 1. The molecule has 24 heavy (non-hydrogen) atoms. The van der Waals surface area contributed by atoms with Crippen LogP contribution in [0.15, 0.2) is 41.2 Å². The topological polar surface area (TPSA) is 62.4 Å². The Kier molecular flexibility index (Phi) is 4.96. The van der Waals surface area contributed by atoms with Crippen LogP contribution in [0.4, 0.5) is 13.2 Å². The molecule has 0 atom stereocenters. The lowest BCUT2D eigenvalue weighted by atomic mass is 10.1. The lowest BCUT2D eigenvalue weighted by Crippen LogP contribution is -2.31. The van der Waals surface area contributed by atoms with Gasteiger partial charge in [0.05, 0.1) is 0 Å². The van der Waals surface area contributed by atoms with Gasteiger partial charge in [-0.15, -0.1) is 13.2 Å². The Morgan fingerprint density at radius 2 is 1.88 bits per heavy atom. The standard InChI is InChI=1S/C16H15F3N2O3/c1-10-7-8-12(14(22)20-10)15(23)21(2)9-11-5-3-4-6-13(11)24-16(17,18)19/h3-8H,9H2,1-2H3,(H,20,22). The number of aromatic nitrogens is 1. The summed E-state index contributed by atoms with van der Waals surface area (Å²) < 4.78 is 41.2. The first-order valence-electron chi connectivity index (χ1n) is 6.96. The Balaban J connectivity index is 2.22. The van der Waals surface area contributed by atoms with Gasteiger partial charge in [0.1, 0.15) is 11.3 Å². The van der Waals surface area contributed by atoms with Crippen molar-refractivity contribution in [1.29, 1.82) is 0 Å². The number of alkyl halides is 3. The number of ether oxygens (including phenoxy) is 1. The zero-order valence-corrected chi connectivity index (χ0v) is 13.0. The number of pyridine rings is 1. The number of carbonyl (C=O) groups excluding carboxylic acids is 1. The van der Waals surface area contributed by atoms with Crippen molar-refractivity contribution < 1.29 is 22.7 Å². The van der Waals surface area contributed by atoms with Gasteiger partial charge in [0.15, 0.2) is 0 Å². The van der Waals surface area contributed by atoms with E-state index < -0.39 is 17.8 Å². The van der Waals surface area contributed by atoms with Gasteiger partial charge in [0.25, 0.3) is 11.5 Å². The number of rotatable bonds is 4. The molecule has 0 aliphatic heterocycles. The number of hydrogen-bond acceptors (Lipinski definition) is 3. The number of amides is 1. The minimum atomic E-state index is -4.83. The van der Waals surface area contributed by atoms with Crippen LogP contribution in [0.5, 0.6) is 5.75 Å².